The maximum absolute atomic E-state index is 12.4. The van der Waals surface area contributed by atoms with Crippen LogP contribution in [0.3, 0.4) is 0 Å². The van der Waals surface area contributed by atoms with Crippen molar-refractivity contribution >= 4 is 56.8 Å². The molecule has 1 amide bonds. The Morgan fingerprint density at radius 1 is 1.20 bits per heavy atom. The number of nitrogens with one attached hydrogen (secondary N) is 2. The summed E-state index contributed by atoms with van der Waals surface area (Å²) < 4.78 is 1.77. The molecule has 4 rings (SSSR count). The van der Waals surface area contributed by atoms with E-state index in [0.29, 0.717) is 10.6 Å². The van der Waals surface area contributed by atoms with E-state index in [-0.39, 0.29) is 11.0 Å². The maximum atomic E-state index is 12.4. The third-order valence-electron chi connectivity index (χ3n) is 4.44. The molecule has 2 aromatic carbocycles. The number of carbonyl (C=O) groups excluding carboxylic acids is 1. The molecular formula is C20H17ClN6OS2. The highest BCUT2D eigenvalue weighted by molar-refractivity contribution is 7.80. The van der Waals surface area contributed by atoms with Gasteiger partial charge in [0.25, 0.3) is 5.91 Å². The molecule has 0 saturated carbocycles. The molecule has 2 N–H and O–H groups in total. The minimum Gasteiger partial charge on any atom is -0.332 e. The first-order valence-electron chi connectivity index (χ1n) is 9.14. The van der Waals surface area contributed by atoms with Gasteiger partial charge in [0.2, 0.25) is 4.96 Å². The molecule has 4 aromatic rings. The Labute approximate surface area is 187 Å². The molecule has 0 aliphatic rings. The molecule has 2 heterocycles. The number of hydrogen-bond donors (Lipinski definition) is 2. The summed E-state index contributed by atoms with van der Waals surface area (Å²) in [5, 5.41) is 20.3. The van der Waals surface area contributed by atoms with E-state index in [2.05, 4.69) is 25.9 Å². The van der Waals surface area contributed by atoms with Crippen molar-refractivity contribution in [3.63, 3.8) is 0 Å². The van der Waals surface area contributed by atoms with Crippen LogP contribution < -0.4 is 10.6 Å². The average molecular weight is 457 g/mol. The number of halogens is 1. The molecule has 0 unspecified atom stereocenters. The number of anilines is 1. The first-order valence-corrected chi connectivity index (χ1v) is 10.7. The number of aromatic nitrogens is 4. The van der Waals surface area contributed by atoms with Gasteiger partial charge in [0.05, 0.1) is 0 Å². The van der Waals surface area contributed by atoms with Crippen LogP contribution in [0.1, 0.15) is 28.7 Å². The number of carbonyl (C=O) groups is 1. The fourth-order valence-electron chi connectivity index (χ4n) is 2.81. The summed E-state index contributed by atoms with van der Waals surface area (Å²) in [6, 6.07) is 12.5. The Balaban J connectivity index is 1.52. The molecular weight excluding hydrogens is 440 g/mol. The van der Waals surface area contributed by atoms with Crippen molar-refractivity contribution in [3.8, 4) is 10.6 Å². The Kier molecular flexibility index (Phi) is 5.76. The summed E-state index contributed by atoms with van der Waals surface area (Å²) in [5.41, 5.74) is 3.17. The highest BCUT2D eigenvalue weighted by atomic mass is 35.5. The molecule has 0 aliphatic carbocycles. The SMILES string of the molecule is CCc1nnc2sc(-c3ccc(C)c(NC(=S)NC(=O)c4ccc(Cl)cc4)c3)nn12. The van der Waals surface area contributed by atoms with Gasteiger partial charge in [-0.05, 0) is 55.0 Å². The zero-order valence-corrected chi connectivity index (χ0v) is 18.5. The number of rotatable bonds is 4. The van der Waals surface area contributed by atoms with Crippen LogP contribution in [0.15, 0.2) is 42.5 Å². The van der Waals surface area contributed by atoms with Crippen molar-refractivity contribution in [3.05, 3.63) is 64.4 Å². The molecule has 152 valence electrons. The molecule has 30 heavy (non-hydrogen) atoms. The van der Waals surface area contributed by atoms with Gasteiger partial charge in [-0.3, -0.25) is 10.1 Å². The normalized spacial score (nSPS) is 10.9. The van der Waals surface area contributed by atoms with Crippen LogP contribution >= 0.6 is 35.2 Å². The molecule has 0 fully saturated rings. The van der Waals surface area contributed by atoms with E-state index in [1.54, 1.807) is 28.8 Å². The second-order valence-corrected chi connectivity index (χ2v) is 8.32. The van der Waals surface area contributed by atoms with Crippen LogP contribution in [0.4, 0.5) is 5.69 Å². The highest BCUT2D eigenvalue weighted by Gasteiger charge is 2.14. The summed E-state index contributed by atoms with van der Waals surface area (Å²) in [6.07, 6.45) is 0.757. The average Bonchev–Trinajstić information content (AvgIpc) is 3.30. The van der Waals surface area contributed by atoms with Crippen LogP contribution in [0, 0.1) is 6.92 Å². The Morgan fingerprint density at radius 3 is 2.70 bits per heavy atom. The van der Waals surface area contributed by atoms with Crippen LogP contribution in [0.2, 0.25) is 5.02 Å². The lowest BCUT2D eigenvalue weighted by Gasteiger charge is -2.13. The number of amides is 1. The Bertz CT molecular complexity index is 1250. The van der Waals surface area contributed by atoms with Crippen molar-refractivity contribution < 1.29 is 4.79 Å². The van der Waals surface area contributed by atoms with Gasteiger partial charge >= 0.3 is 0 Å². The first kappa shape index (κ1) is 20.4. The molecule has 0 spiro atoms. The van der Waals surface area contributed by atoms with Gasteiger partial charge in [0.15, 0.2) is 10.9 Å². The quantitative estimate of drug-likeness (QED) is 0.440. The fourth-order valence-corrected chi connectivity index (χ4v) is 4.00. The van der Waals surface area contributed by atoms with Gasteiger partial charge in [-0.2, -0.15) is 9.61 Å². The standard InChI is InChI=1S/C20H17ClN6OS2/c1-3-16-24-25-20-27(16)26-18(30-20)13-5-4-11(2)15(10-13)22-19(29)23-17(28)12-6-8-14(21)9-7-12/h4-10H,3H2,1-2H3,(H2,22,23,28,29). The molecule has 0 bridgehead atoms. The van der Waals surface area contributed by atoms with Crippen LogP contribution in [-0.4, -0.2) is 30.8 Å². The minimum absolute atomic E-state index is 0.210. The third-order valence-corrected chi connectivity index (χ3v) is 5.84. The third kappa shape index (κ3) is 4.18. The number of hydrogen-bond acceptors (Lipinski definition) is 6. The van der Waals surface area contributed by atoms with Crippen LogP contribution in [0.25, 0.3) is 15.5 Å². The second kappa shape index (κ2) is 8.47. The molecule has 10 heteroatoms. The van der Waals surface area contributed by atoms with E-state index < -0.39 is 0 Å². The predicted octanol–water partition coefficient (Wildman–Crippen LogP) is 4.50. The van der Waals surface area contributed by atoms with Gasteiger partial charge in [0, 0.05) is 28.3 Å². The van der Waals surface area contributed by atoms with Crippen molar-refractivity contribution in [1.29, 1.82) is 0 Å². The Hall–Kier alpha value is -2.88. The smallest absolute Gasteiger partial charge is 0.257 e. The zero-order chi connectivity index (χ0) is 21.3. The van der Waals surface area contributed by atoms with Crippen molar-refractivity contribution in [2.75, 3.05) is 5.32 Å². The van der Waals surface area contributed by atoms with E-state index in [1.165, 1.54) is 11.3 Å². The summed E-state index contributed by atoms with van der Waals surface area (Å²) in [7, 11) is 0. The number of aryl methyl sites for hydroxylation is 2. The molecule has 0 saturated heterocycles. The van der Waals surface area contributed by atoms with E-state index >= 15 is 0 Å². The predicted molar refractivity (Wildman–Crippen MR) is 123 cm³/mol. The number of thiocarbonyl (C=S) groups is 1. The van der Waals surface area contributed by atoms with E-state index in [1.807, 2.05) is 32.0 Å². The number of benzene rings is 2. The van der Waals surface area contributed by atoms with Gasteiger partial charge in [0.1, 0.15) is 5.01 Å². The molecule has 0 aliphatic heterocycles. The second-order valence-electron chi connectivity index (χ2n) is 6.52. The van der Waals surface area contributed by atoms with Crippen LogP contribution in [-0.2, 0) is 6.42 Å². The molecule has 0 radical (unpaired) electrons. The van der Waals surface area contributed by atoms with Crippen molar-refractivity contribution in [1.82, 2.24) is 25.1 Å². The summed E-state index contributed by atoms with van der Waals surface area (Å²) in [4.78, 5) is 13.1. The van der Waals surface area contributed by atoms with Crippen LogP contribution in [0.5, 0.6) is 0 Å². The molecule has 2 aromatic heterocycles. The van der Waals surface area contributed by atoms with Gasteiger partial charge in [-0.1, -0.05) is 42.0 Å². The van der Waals surface area contributed by atoms with Gasteiger partial charge in [-0.25, -0.2) is 0 Å². The zero-order valence-electron chi connectivity index (χ0n) is 16.1. The lowest BCUT2D eigenvalue weighted by Crippen LogP contribution is -2.34. The monoisotopic (exact) mass is 456 g/mol. The Morgan fingerprint density at radius 2 is 1.97 bits per heavy atom. The van der Waals surface area contributed by atoms with E-state index in [0.717, 1.165) is 39.0 Å². The first-order chi connectivity index (χ1) is 14.4. The lowest BCUT2D eigenvalue weighted by atomic mass is 10.1. The van der Waals surface area contributed by atoms with Gasteiger partial charge in [-0.15, -0.1) is 10.2 Å². The summed E-state index contributed by atoms with van der Waals surface area (Å²) >= 11 is 12.7. The topological polar surface area (TPSA) is 84.2 Å². The maximum Gasteiger partial charge on any atom is 0.257 e. The van der Waals surface area contributed by atoms with E-state index in [9.17, 15) is 4.79 Å². The number of fused-ring (bicyclic) bond motifs is 1. The number of nitrogens with zero attached hydrogens (tertiary/aromatic N) is 4. The van der Waals surface area contributed by atoms with Crippen molar-refractivity contribution in [2.24, 2.45) is 0 Å². The summed E-state index contributed by atoms with van der Waals surface area (Å²) in [6.45, 7) is 3.98. The molecule has 0 atom stereocenters. The largest absolute Gasteiger partial charge is 0.332 e. The van der Waals surface area contributed by atoms with E-state index in [4.69, 9.17) is 23.8 Å². The minimum atomic E-state index is -0.307. The van der Waals surface area contributed by atoms with Gasteiger partial charge < -0.3 is 5.32 Å². The highest BCUT2D eigenvalue weighted by Crippen LogP contribution is 2.29. The fraction of sp³-hybridized carbons (Fsp3) is 0.150. The lowest BCUT2D eigenvalue weighted by molar-refractivity contribution is 0.0977. The summed E-state index contributed by atoms with van der Waals surface area (Å²) in [5.74, 6) is 0.516. The molecule has 7 nitrogen and oxygen atoms in total. The van der Waals surface area contributed by atoms with Crippen molar-refractivity contribution in [2.45, 2.75) is 20.3 Å².